The van der Waals surface area contributed by atoms with Crippen molar-refractivity contribution in [2.75, 3.05) is 0 Å². The Morgan fingerprint density at radius 3 is 2.10 bits per heavy atom. The third-order valence-corrected chi connectivity index (χ3v) is 5.54. The van der Waals surface area contributed by atoms with Crippen LogP contribution >= 0.6 is 23.2 Å². The molecule has 0 bridgehead atoms. The standard InChI is InChI=1S/C23H18Cl2N2O3/c1-2-3-4-17(28)27-21(14-7-11-16(25)12-8-14)19-18(23(27)30)20(26-22(19)29)13-5-9-15(24)10-6-13/h5-12,30H,2-4H2,1H3. The second-order valence-electron chi connectivity index (χ2n) is 7.03. The number of unbranched alkanes of at least 4 members (excludes halogenated alkanes) is 1. The molecular weight excluding hydrogens is 423 g/mol. The summed E-state index contributed by atoms with van der Waals surface area (Å²) < 4.78 is 1.23. The summed E-state index contributed by atoms with van der Waals surface area (Å²) in [4.78, 5) is 30.1. The van der Waals surface area contributed by atoms with Crippen molar-refractivity contribution in [2.45, 2.75) is 26.2 Å². The van der Waals surface area contributed by atoms with Gasteiger partial charge in [0.15, 0.2) is 0 Å². The monoisotopic (exact) mass is 440 g/mol. The maximum Gasteiger partial charge on any atom is 0.280 e. The van der Waals surface area contributed by atoms with Gasteiger partial charge in [0.2, 0.25) is 11.8 Å². The second kappa shape index (κ2) is 8.09. The lowest BCUT2D eigenvalue weighted by atomic mass is 10.0. The maximum atomic E-state index is 13.0. The Hall–Kier alpha value is -2.89. The van der Waals surface area contributed by atoms with E-state index in [1.807, 2.05) is 6.92 Å². The van der Waals surface area contributed by atoms with Gasteiger partial charge in [0.25, 0.3) is 5.91 Å². The molecule has 2 heterocycles. The van der Waals surface area contributed by atoms with Gasteiger partial charge in [-0.05, 0) is 36.2 Å². The SMILES string of the molecule is CCCCC(=O)n1c(O)c2c(c1-c1ccc(Cl)cc1)C(=O)N=C2c1ccc(Cl)cc1. The molecule has 0 atom stereocenters. The normalized spacial score (nSPS) is 12.8. The first-order chi connectivity index (χ1) is 14.4. The molecule has 0 fully saturated rings. The predicted molar refractivity (Wildman–Crippen MR) is 118 cm³/mol. The molecule has 1 aliphatic heterocycles. The highest BCUT2D eigenvalue weighted by molar-refractivity contribution is 6.33. The van der Waals surface area contributed by atoms with E-state index in [0.717, 1.165) is 6.42 Å². The number of aromatic nitrogens is 1. The summed E-state index contributed by atoms with van der Waals surface area (Å²) in [6.07, 6.45) is 1.76. The molecule has 1 amide bonds. The molecule has 3 aromatic rings. The minimum atomic E-state index is -0.503. The van der Waals surface area contributed by atoms with E-state index in [9.17, 15) is 14.7 Å². The van der Waals surface area contributed by atoms with Crippen LogP contribution in [-0.2, 0) is 0 Å². The van der Waals surface area contributed by atoms with Gasteiger partial charge in [0.05, 0.1) is 22.5 Å². The van der Waals surface area contributed by atoms with E-state index in [0.29, 0.717) is 39.0 Å². The van der Waals surface area contributed by atoms with E-state index < -0.39 is 5.91 Å². The fourth-order valence-electron chi connectivity index (χ4n) is 3.59. The summed E-state index contributed by atoms with van der Waals surface area (Å²) in [6, 6.07) is 13.6. The summed E-state index contributed by atoms with van der Waals surface area (Å²) in [5.74, 6) is -1.06. The van der Waals surface area contributed by atoms with Crippen LogP contribution < -0.4 is 0 Å². The fraction of sp³-hybridized carbons (Fsp3) is 0.174. The first-order valence-corrected chi connectivity index (χ1v) is 10.3. The molecule has 0 saturated carbocycles. The molecule has 152 valence electrons. The number of aromatic hydroxyl groups is 1. The van der Waals surface area contributed by atoms with E-state index in [1.54, 1.807) is 48.5 Å². The minimum Gasteiger partial charge on any atom is -0.494 e. The van der Waals surface area contributed by atoms with E-state index in [1.165, 1.54) is 4.57 Å². The van der Waals surface area contributed by atoms with Gasteiger partial charge >= 0.3 is 0 Å². The van der Waals surface area contributed by atoms with Gasteiger partial charge in [-0.3, -0.25) is 9.59 Å². The van der Waals surface area contributed by atoms with Gasteiger partial charge in [0, 0.05) is 22.0 Å². The van der Waals surface area contributed by atoms with Gasteiger partial charge in [-0.15, -0.1) is 0 Å². The fourth-order valence-corrected chi connectivity index (χ4v) is 3.84. The highest BCUT2D eigenvalue weighted by Crippen LogP contribution is 2.41. The molecule has 30 heavy (non-hydrogen) atoms. The summed E-state index contributed by atoms with van der Waals surface area (Å²) in [6.45, 7) is 1.98. The Bertz CT molecular complexity index is 1180. The van der Waals surface area contributed by atoms with Crippen LogP contribution in [0, 0.1) is 0 Å². The van der Waals surface area contributed by atoms with Crippen molar-refractivity contribution in [3.8, 4) is 17.1 Å². The Morgan fingerprint density at radius 1 is 0.967 bits per heavy atom. The summed E-state index contributed by atoms with van der Waals surface area (Å²) >= 11 is 12.0. The Kier molecular flexibility index (Phi) is 5.50. The molecule has 4 rings (SSSR count). The number of amides is 1. The van der Waals surface area contributed by atoms with Crippen LogP contribution in [0.25, 0.3) is 11.3 Å². The van der Waals surface area contributed by atoms with Crippen molar-refractivity contribution >= 4 is 40.7 Å². The zero-order chi connectivity index (χ0) is 21.4. The number of hydrogen-bond donors (Lipinski definition) is 1. The predicted octanol–water partition coefficient (Wildman–Crippen LogP) is 5.99. The number of halogens is 2. The van der Waals surface area contributed by atoms with Gasteiger partial charge < -0.3 is 5.11 Å². The Labute approximate surface area is 183 Å². The number of nitrogens with zero attached hydrogens (tertiary/aromatic N) is 2. The van der Waals surface area contributed by atoms with Gasteiger partial charge in [-0.2, -0.15) is 0 Å². The highest BCUT2D eigenvalue weighted by Gasteiger charge is 2.37. The molecule has 1 aliphatic rings. The second-order valence-corrected chi connectivity index (χ2v) is 7.91. The smallest absolute Gasteiger partial charge is 0.280 e. The molecule has 0 spiro atoms. The first-order valence-electron chi connectivity index (χ1n) is 9.58. The molecular formula is C23H18Cl2N2O3. The molecule has 0 radical (unpaired) electrons. The van der Waals surface area contributed by atoms with E-state index in [2.05, 4.69) is 4.99 Å². The van der Waals surface area contributed by atoms with Crippen molar-refractivity contribution in [1.29, 1.82) is 0 Å². The van der Waals surface area contributed by atoms with Crippen molar-refractivity contribution < 1.29 is 14.7 Å². The molecule has 0 aliphatic carbocycles. The number of aliphatic imine (C=N–C) groups is 1. The van der Waals surface area contributed by atoms with E-state index >= 15 is 0 Å². The molecule has 0 saturated heterocycles. The van der Waals surface area contributed by atoms with Crippen LogP contribution in [0.2, 0.25) is 10.0 Å². The lowest BCUT2D eigenvalue weighted by Crippen LogP contribution is -2.13. The lowest BCUT2D eigenvalue weighted by molar-refractivity contribution is 0.0893. The van der Waals surface area contributed by atoms with Crippen LogP contribution in [0.15, 0.2) is 53.5 Å². The molecule has 0 unspecified atom stereocenters. The Balaban J connectivity index is 1.95. The molecule has 1 aromatic heterocycles. The van der Waals surface area contributed by atoms with Crippen LogP contribution in [0.5, 0.6) is 5.88 Å². The summed E-state index contributed by atoms with van der Waals surface area (Å²) in [5, 5.41) is 12.1. The van der Waals surface area contributed by atoms with Crippen LogP contribution in [0.4, 0.5) is 0 Å². The largest absolute Gasteiger partial charge is 0.494 e. The number of hydrogen-bond acceptors (Lipinski definition) is 3. The van der Waals surface area contributed by atoms with Gasteiger partial charge in [-0.1, -0.05) is 60.8 Å². The van der Waals surface area contributed by atoms with Gasteiger partial charge in [-0.25, -0.2) is 9.56 Å². The Morgan fingerprint density at radius 2 is 1.53 bits per heavy atom. The van der Waals surface area contributed by atoms with Crippen molar-refractivity contribution in [2.24, 2.45) is 4.99 Å². The number of carbonyl (C=O) groups is 2. The van der Waals surface area contributed by atoms with Crippen LogP contribution in [0.1, 0.15) is 52.5 Å². The zero-order valence-corrected chi connectivity index (χ0v) is 17.7. The van der Waals surface area contributed by atoms with Crippen LogP contribution in [-0.4, -0.2) is 27.2 Å². The highest BCUT2D eigenvalue weighted by atomic mass is 35.5. The molecule has 2 aromatic carbocycles. The topological polar surface area (TPSA) is 71.7 Å². The van der Waals surface area contributed by atoms with Crippen molar-refractivity contribution in [3.63, 3.8) is 0 Å². The molecule has 7 heteroatoms. The minimum absolute atomic E-state index is 0.213. The van der Waals surface area contributed by atoms with Crippen molar-refractivity contribution in [3.05, 3.63) is 75.3 Å². The number of fused-ring (bicyclic) bond motifs is 1. The quantitative estimate of drug-likeness (QED) is 0.529. The van der Waals surface area contributed by atoms with Crippen molar-refractivity contribution in [1.82, 2.24) is 4.57 Å². The third-order valence-electron chi connectivity index (χ3n) is 5.04. The van der Waals surface area contributed by atoms with E-state index in [4.69, 9.17) is 23.2 Å². The zero-order valence-electron chi connectivity index (χ0n) is 16.2. The molecule has 5 nitrogen and oxygen atoms in total. The summed E-state index contributed by atoms with van der Waals surface area (Å²) in [5.41, 5.74) is 2.35. The summed E-state index contributed by atoms with van der Waals surface area (Å²) in [7, 11) is 0. The number of benzene rings is 2. The maximum absolute atomic E-state index is 13.0. The number of carbonyl (C=O) groups excluding carboxylic acids is 2. The third kappa shape index (κ3) is 3.44. The van der Waals surface area contributed by atoms with Gasteiger partial charge in [0.1, 0.15) is 0 Å². The van der Waals surface area contributed by atoms with E-state index in [-0.39, 0.29) is 29.3 Å². The lowest BCUT2D eigenvalue weighted by Gasteiger charge is -2.11. The number of rotatable bonds is 5. The first kappa shape index (κ1) is 20.4. The van der Waals surface area contributed by atoms with Crippen LogP contribution in [0.3, 0.4) is 0 Å². The average molecular weight is 441 g/mol. The average Bonchev–Trinajstić information content (AvgIpc) is 3.23. The molecule has 1 N–H and O–H groups in total.